The fourth-order valence-corrected chi connectivity index (χ4v) is 1.65. The zero-order valence-electron chi connectivity index (χ0n) is 8.56. The van der Waals surface area contributed by atoms with Crippen molar-refractivity contribution in [3.8, 4) is 0 Å². The first-order valence-electron chi connectivity index (χ1n) is 4.39. The molecule has 0 N–H and O–H groups in total. The summed E-state index contributed by atoms with van der Waals surface area (Å²) in [7, 11) is 2.14. The van der Waals surface area contributed by atoms with E-state index < -0.39 is 0 Å². The van der Waals surface area contributed by atoms with Crippen molar-refractivity contribution in [1.82, 2.24) is 4.90 Å². The van der Waals surface area contributed by atoms with E-state index in [9.17, 15) is 0 Å². The molecule has 0 aromatic carbocycles. The van der Waals surface area contributed by atoms with Gasteiger partial charge in [-0.3, -0.25) is 4.90 Å². The van der Waals surface area contributed by atoms with E-state index in [0.717, 1.165) is 6.54 Å². The molecule has 0 amide bonds. The maximum Gasteiger partial charge on any atom is 0.0402 e. The summed E-state index contributed by atoms with van der Waals surface area (Å²) in [5.41, 5.74) is 0.135. The third-order valence-electron chi connectivity index (χ3n) is 2.14. The van der Waals surface area contributed by atoms with Crippen LogP contribution in [0, 0.1) is 0 Å². The topological polar surface area (TPSA) is 3.24 Å². The van der Waals surface area contributed by atoms with Crippen LogP contribution in [0.3, 0.4) is 0 Å². The lowest BCUT2D eigenvalue weighted by atomic mass is 10.1. The lowest BCUT2D eigenvalue weighted by molar-refractivity contribution is 0.191. The van der Waals surface area contributed by atoms with Crippen LogP contribution in [0.2, 0.25) is 0 Å². The number of rotatable bonds is 6. The molecule has 0 atom stereocenters. The molecule has 0 saturated carbocycles. The molecule has 3 heteroatoms. The van der Waals surface area contributed by atoms with E-state index >= 15 is 0 Å². The second-order valence-electron chi connectivity index (χ2n) is 3.56. The van der Waals surface area contributed by atoms with E-state index in [4.69, 9.17) is 11.6 Å². The van der Waals surface area contributed by atoms with Crippen LogP contribution < -0.4 is 0 Å². The Hall–Kier alpha value is 0.600. The van der Waals surface area contributed by atoms with Gasteiger partial charge in [-0.1, -0.05) is 6.92 Å². The third-order valence-corrected chi connectivity index (χ3v) is 3.67. The van der Waals surface area contributed by atoms with Gasteiger partial charge in [0.25, 0.3) is 0 Å². The summed E-state index contributed by atoms with van der Waals surface area (Å²) in [6.45, 7) is 7.67. The van der Waals surface area contributed by atoms with E-state index in [2.05, 4.69) is 32.7 Å². The molecule has 0 radical (unpaired) electrons. The van der Waals surface area contributed by atoms with Gasteiger partial charge in [-0.05, 0) is 26.6 Å². The average molecular weight is 210 g/mol. The Morgan fingerprint density at radius 1 is 1.42 bits per heavy atom. The van der Waals surface area contributed by atoms with Gasteiger partial charge in [0.05, 0.1) is 0 Å². The molecule has 0 spiro atoms. The van der Waals surface area contributed by atoms with Crippen LogP contribution >= 0.6 is 23.4 Å². The SMILES string of the molecule is CCSCCN(C)C(C)(C)CCl. The average Bonchev–Trinajstić information content (AvgIpc) is 2.05. The van der Waals surface area contributed by atoms with Crippen molar-refractivity contribution in [3.63, 3.8) is 0 Å². The highest BCUT2D eigenvalue weighted by Gasteiger charge is 2.21. The van der Waals surface area contributed by atoms with Crippen LogP contribution in [-0.4, -0.2) is 41.4 Å². The summed E-state index contributed by atoms with van der Waals surface area (Å²) < 4.78 is 0. The molecule has 0 unspecified atom stereocenters. The van der Waals surface area contributed by atoms with Crippen molar-refractivity contribution >= 4 is 23.4 Å². The molecule has 74 valence electrons. The Balaban J connectivity index is 3.63. The quantitative estimate of drug-likeness (QED) is 0.489. The number of hydrogen-bond donors (Lipinski definition) is 0. The minimum atomic E-state index is 0.135. The molecule has 0 aliphatic rings. The number of alkyl halides is 1. The molecular formula is C9H20ClNS. The molecule has 0 fully saturated rings. The van der Waals surface area contributed by atoms with Crippen molar-refractivity contribution in [1.29, 1.82) is 0 Å². The molecule has 1 nitrogen and oxygen atoms in total. The number of nitrogens with zero attached hydrogens (tertiary/aromatic N) is 1. The van der Waals surface area contributed by atoms with Crippen LogP contribution in [0.5, 0.6) is 0 Å². The molecule has 0 bridgehead atoms. The van der Waals surface area contributed by atoms with Crippen LogP contribution in [0.4, 0.5) is 0 Å². The van der Waals surface area contributed by atoms with Gasteiger partial charge >= 0.3 is 0 Å². The Labute approximate surface area is 85.8 Å². The highest BCUT2D eigenvalue weighted by molar-refractivity contribution is 7.99. The van der Waals surface area contributed by atoms with Gasteiger partial charge in [-0.25, -0.2) is 0 Å². The zero-order chi connectivity index (χ0) is 9.61. The van der Waals surface area contributed by atoms with Crippen LogP contribution in [0.25, 0.3) is 0 Å². The highest BCUT2D eigenvalue weighted by Crippen LogP contribution is 2.14. The minimum absolute atomic E-state index is 0.135. The Morgan fingerprint density at radius 2 is 2.00 bits per heavy atom. The van der Waals surface area contributed by atoms with Gasteiger partial charge < -0.3 is 0 Å². The first-order valence-corrected chi connectivity index (χ1v) is 6.08. The third kappa shape index (κ3) is 4.58. The highest BCUT2D eigenvalue weighted by atomic mass is 35.5. The summed E-state index contributed by atoms with van der Waals surface area (Å²) in [4.78, 5) is 2.32. The van der Waals surface area contributed by atoms with Gasteiger partial charge in [0.2, 0.25) is 0 Å². The van der Waals surface area contributed by atoms with Gasteiger partial charge in [0, 0.05) is 23.7 Å². The normalized spacial score (nSPS) is 12.5. The maximum atomic E-state index is 5.85. The van der Waals surface area contributed by atoms with Crippen LogP contribution in [-0.2, 0) is 0 Å². The molecule has 0 saturated heterocycles. The van der Waals surface area contributed by atoms with Gasteiger partial charge in [0.15, 0.2) is 0 Å². The molecule has 12 heavy (non-hydrogen) atoms. The Morgan fingerprint density at radius 3 is 2.42 bits per heavy atom. The smallest absolute Gasteiger partial charge is 0.0402 e. The molecule has 0 rings (SSSR count). The van der Waals surface area contributed by atoms with Crippen molar-refractivity contribution in [3.05, 3.63) is 0 Å². The van der Waals surface area contributed by atoms with Crippen molar-refractivity contribution in [2.24, 2.45) is 0 Å². The Kier molecular flexibility index (Phi) is 6.42. The van der Waals surface area contributed by atoms with Crippen LogP contribution in [0.15, 0.2) is 0 Å². The van der Waals surface area contributed by atoms with Crippen molar-refractivity contribution < 1.29 is 0 Å². The molecular weight excluding hydrogens is 190 g/mol. The monoisotopic (exact) mass is 209 g/mol. The molecule has 0 aliphatic carbocycles. The largest absolute Gasteiger partial charge is 0.299 e. The first-order chi connectivity index (χ1) is 5.54. The number of halogens is 1. The zero-order valence-corrected chi connectivity index (χ0v) is 10.1. The summed E-state index contributed by atoms with van der Waals surface area (Å²) in [5, 5.41) is 0. The number of hydrogen-bond acceptors (Lipinski definition) is 2. The summed E-state index contributed by atoms with van der Waals surface area (Å²) in [6.07, 6.45) is 0. The summed E-state index contributed by atoms with van der Waals surface area (Å²) in [5.74, 6) is 3.10. The lowest BCUT2D eigenvalue weighted by Gasteiger charge is -2.33. The fourth-order valence-electron chi connectivity index (χ4n) is 0.751. The standard InChI is InChI=1S/C9H20ClNS/c1-5-12-7-6-11(4)9(2,3)8-10/h5-8H2,1-4H3. The summed E-state index contributed by atoms with van der Waals surface area (Å²) in [6, 6.07) is 0. The molecule has 0 aliphatic heterocycles. The first kappa shape index (κ1) is 12.6. The van der Waals surface area contributed by atoms with Crippen molar-refractivity contribution in [2.45, 2.75) is 26.3 Å². The van der Waals surface area contributed by atoms with E-state index in [1.165, 1.54) is 11.5 Å². The van der Waals surface area contributed by atoms with Gasteiger partial charge in [-0.2, -0.15) is 11.8 Å². The minimum Gasteiger partial charge on any atom is -0.299 e. The van der Waals surface area contributed by atoms with E-state index in [-0.39, 0.29) is 5.54 Å². The second kappa shape index (κ2) is 6.11. The van der Waals surface area contributed by atoms with Crippen LogP contribution in [0.1, 0.15) is 20.8 Å². The lowest BCUT2D eigenvalue weighted by Crippen LogP contribution is -2.43. The molecule has 0 aromatic rings. The maximum absolute atomic E-state index is 5.85. The molecule has 0 heterocycles. The molecule has 0 aromatic heterocycles. The van der Waals surface area contributed by atoms with E-state index in [0.29, 0.717) is 5.88 Å². The van der Waals surface area contributed by atoms with Gasteiger partial charge in [-0.15, -0.1) is 11.6 Å². The summed E-state index contributed by atoms with van der Waals surface area (Å²) >= 11 is 7.83. The predicted octanol–water partition coefficient (Wildman–Crippen LogP) is 2.69. The van der Waals surface area contributed by atoms with E-state index in [1.54, 1.807) is 0 Å². The van der Waals surface area contributed by atoms with E-state index in [1.807, 2.05) is 11.8 Å². The number of thioether (sulfide) groups is 1. The van der Waals surface area contributed by atoms with Crippen molar-refractivity contribution in [2.75, 3.05) is 31.0 Å². The Bertz CT molecular complexity index is 117. The van der Waals surface area contributed by atoms with Gasteiger partial charge in [0.1, 0.15) is 0 Å². The fraction of sp³-hybridized carbons (Fsp3) is 1.00. The second-order valence-corrected chi connectivity index (χ2v) is 5.23. The predicted molar refractivity (Wildman–Crippen MR) is 60.4 cm³/mol.